The predicted octanol–water partition coefficient (Wildman–Crippen LogP) is 5.50. The van der Waals surface area contributed by atoms with Crippen molar-refractivity contribution < 1.29 is 14.3 Å². The van der Waals surface area contributed by atoms with E-state index in [1.807, 2.05) is 69.3 Å². The number of anilines is 1. The zero-order chi connectivity index (χ0) is 19.7. The summed E-state index contributed by atoms with van der Waals surface area (Å²) in [5.74, 6) is 0.713. The molecular formula is C23H31NO3. The summed E-state index contributed by atoms with van der Waals surface area (Å²) in [5.41, 5.74) is 2.06. The van der Waals surface area contributed by atoms with Crippen LogP contribution < -0.4 is 10.1 Å². The molecular weight excluding hydrogens is 338 g/mol. The second-order valence-electron chi connectivity index (χ2n) is 7.04. The normalized spacial score (nSPS) is 13.0. The fraction of sp³-hybridized carbons (Fsp3) is 0.435. The van der Waals surface area contributed by atoms with Crippen LogP contribution in [0.2, 0.25) is 0 Å². The molecule has 4 nitrogen and oxygen atoms in total. The SMILES string of the molecule is CCCO[C@@](C)(CCC)C(=O)Nc1ccc(OCc2ccccc2)c(C)c1. The summed E-state index contributed by atoms with van der Waals surface area (Å²) in [5, 5.41) is 3.00. The van der Waals surface area contributed by atoms with E-state index in [1.165, 1.54) is 0 Å². The quantitative estimate of drug-likeness (QED) is 0.602. The molecule has 0 heterocycles. The number of carbonyl (C=O) groups is 1. The molecule has 0 saturated heterocycles. The van der Waals surface area contributed by atoms with Gasteiger partial charge < -0.3 is 14.8 Å². The summed E-state index contributed by atoms with van der Waals surface area (Å²) >= 11 is 0. The zero-order valence-corrected chi connectivity index (χ0v) is 16.9. The van der Waals surface area contributed by atoms with Crippen LogP contribution >= 0.6 is 0 Å². The summed E-state index contributed by atoms with van der Waals surface area (Å²) < 4.78 is 11.8. The van der Waals surface area contributed by atoms with Crippen molar-refractivity contribution in [2.24, 2.45) is 0 Å². The van der Waals surface area contributed by atoms with E-state index in [0.29, 0.717) is 19.6 Å². The Morgan fingerprint density at radius 1 is 1.07 bits per heavy atom. The number of ether oxygens (including phenoxy) is 2. The molecule has 2 aromatic rings. The molecule has 1 atom stereocenters. The molecule has 0 aliphatic heterocycles. The molecule has 2 rings (SSSR count). The van der Waals surface area contributed by atoms with Gasteiger partial charge in [0.1, 0.15) is 18.0 Å². The van der Waals surface area contributed by atoms with Gasteiger partial charge >= 0.3 is 0 Å². The van der Waals surface area contributed by atoms with E-state index < -0.39 is 5.60 Å². The van der Waals surface area contributed by atoms with Crippen molar-refractivity contribution in [3.63, 3.8) is 0 Å². The Bertz CT molecular complexity index is 730. The fourth-order valence-electron chi connectivity index (χ4n) is 2.94. The first-order chi connectivity index (χ1) is 13.0. The number of amides is 1. The van der Waals surface area contributed by atoms with Gasteiger partial charge in [-0.1, -0.05) is 50.6 Å². The Morgan fingerprint density at radius 3 is 2.44 bits per heavy atom. The van der Waals surface area contributed by atoms with Gasteiger partial charge in [0.05, 0.1) is 0 Å². The van der Waals surface area contributed by atoms with Crippen LogP contribution in [-0.4, -0.2) is 18.1 Å². The van der Waals surface area contributed by atoms with Crippen LogP contribution in [0.5, 0.6) is 5.75 Å². The lowest BCUT2D eigenvalue weighted by atomic mass is 9.98. The van der Waals surface area contributed by atoms with E-state index in [0.717, 1.165) is 35.4 Å². The first-order valence-electron chi connectivity index (χ1n) is 9.71. The summed E-state index contributed by atoms with van der Waals surface area (Å²) in [6, 6.07) is 15.8. The molecule has 1 N–H and O–H groups in total. The van der Waals surface area contributed by atoms with Crippen LogP contribution in [0.15, 0.2) is 48.5 Å². The highest BCUT2D eigenvalue weighted by Gasteiger charge is 2.33. The molecule has 0 spiro atoms. The standard InChI is InChI=1S/C23H31NO3/c1-5-14-23(4,27-15-6-2)22(25)24-20-12-13-21(18(3)16-20)26-17-19-10-8-7-9-11-19/h7-13,16H,5-6,14-15,17H2,1-4H3,(H,24,25)/t23-/m0/s1. The average Bonchev–Trinajstić information content (AvgIpc) is 2.67. The molecule has 146 valence electrons. The fourth-order valence-corrected chi connectivity index (χ4v) is 2.94. The molecule has 1 amide bonds. The third kappa shape index (κ3) is 6.10. The average molecular weight is 370 g/mol. The van der Waals surface area contributed by atoms with Crippen molar-refractivity contribution in [2.75, 3.05) is 11.9 Å². The number of aryl methyl sites for hydroxylation is 1. The number of hydrogen-bond donors (Lipinski definition) is 1. The lowest BCUT2D eigenvalue weighted by molar-refractivity contribution is -0.140. The van der Waals surface area contributed by atoms with Crippen molar-refractivity contribution in [3.8, 4) is 5.75 Å². The Kier molecular flexibility index (Phi) is 7.86. The summed E-state index contributed by atoms with van der Waals surface area (Å²) in [4.78, 5) is 12.8. The Hall–Kier alpha value is -2.33. The zero-order valence-electron chi connectivity index (χ0n) is 16.9. The highest BCUT2D eigenvalue weighted by atomic mass is 16.5. The first-order valence-corrected chi connectivity index (χ1v) is 9.71. The molecule has 4 heteroatoms. The van der Waals surface area contributed by atoms with Crippen molar-refractivity contribution >= 4 is 11.6 Å². The third-order valence-electron chi connectivity index (χ3n) is 4.50. The van der Waals surface area contributed by atoms with E-state index >= 15 is 0 Å². The molecule has 0 aromatic heterocycles. The van der Waals surface area contributed by atoms with Crippen molar-refractivity contribution in [1.29, 1.82) is 0 Å². The molecule has 0 saturated carbocycles. The number of rotatable bonds is 10. The summed E-state index contributed by atoms with van der Waals surface area (Å²) in [6.45, 7) is 9.05. The van der Waals surface area contributed by atoms with Gasteiger partial charge in [-0.25, -0.2) is 0 Å². The number of benzene rings is 2. The molecule has 27 heavy (non-hydrogen) atoms. The Morgan fingerprint density at radius 2 is 1.81 bits per heavy atom. The van der Waals surface area contributed by atoms with Crippen LogP contribution in [0.25, 0.3) is 0 Å². The molecule has 0 radical (unpaired) electrons. The predicted molar refractivity (Wildman–Crippen MR) is 110 cm³/mol. The van der Waals surface area contributed by atoms with Gasteiger partial charge in [-0.2, -0.15) is 0 Å². The molecule has 0 bridgehead atoms. The molecule has 0 unspecified atom stereocenters. The minimum absolute atomic E-state index is 0.102. The van der Waals surface area contributed by atoms with Crippen LogP contribution in [0.3, 0.4) is 0 Å². The second kappa shape index (κ2) is 10.1. The largest absolute Gasteiger partial charge is 0.489 e. The van der Waals surface area contributed by atoms with Crippen molar-refractivity contribution in [3.05, 3.63) is 59.7 Å². The van der Waals surface area contributed by atoms with Crippen LogP contribution in [0.1, 0.15) is 51.2 Å². The van der Waals surface area contributed by atoms with Gasteiger partial charge in [0.15, 0.2) is 0 Å². The van der Waals surface area contributed by atoms with Gasteiger partial charge in [-0.3, -0.25) is 4.79 Å². The van der Waals surface area contributed by atoms with Crippen LogP contribution in [-0.2, 0) is 16.1 Å². The van der Waals surface area contributed by atoms with Gasteiger partial charge in [0, 0.05) is 12.3 Å². The van der Waals surface area contributed by atoms with E-state index in [4.69, 9.17) is 9.47 Å². The molecule has 0 aliphatic carbocycles. The molecule has 0 fully saturated rings. The lowest BCUT2D eigenvalue weighted by Crippen LogP contribution is -2.43. The Labute approximate surface area is 162 Å². The van der Waals surface area contributed by atoms with E-state index in [-0.39, 0.29) is 5.91 Å². The number of carbonyl (C=O) groups excluding carboxylic acids is 1. The smallest absolute Gasteiger partial charge is 0.256 e. The van der Waals surface area contributed by atoms with Gasteiger partial charge in [-0.15, -0.1) is 0 Å². The molecule has 0 aliphatic rings. The first kappa shape index (κ1) is 21.0. The van der Waals surface area contributed by atoms with Crippen molar-refractivity contribution in [1.82, 2.24) is 0 Å². The number of hydrogen-bond acceptors (Lipinski definition) is 3. The molecule has 2 aromatic carbocycles. The number of nitrogens with one attached hydrogen (secondary N) is 1. The lowest BCUT2D eigenvalue weighted by Gasteiger charge is -2.28. The van der Waals surface area contributed by atoms with Crippen LogP contribution in [0.4, 0.5) is 5.69 Å². The maximum atomic E-state index is 12.8. The summed E-state index contributed by atoms with van der Waals surface area (Å²) in [7, 11) is 0. The van der Waals surface area contributed by atoms with Gasteiger partial charge in [0.2, 0.25) is 0 Å². The summed E-state index contributed by atoms with van der Waals surface area (Å²) in [6.07, 6.45) is 2.47. The Balaban J connectivity index is 2.02. The van der Waals surface area contributed by atoms with Crippen molar-refractivity contribution in [2.45, 2.75) is 59.2 Å². The highest BCUT2D eigenvalue weighted by Crippen LogP contribution is 2.25. The van der Waals surface area contributed by atoms with E-state index in [9.17, 15) is 4.79 Å². The van der Waals surface area contributed by atoms with Crippen LogP contribution in [0, 0.1) is 6.92 Å². The van der Waals surface area contributed by atoms with E-state index in [1.54, 1.807) is 0 Å². The minimum atomic E-state index is -0.804. The topological polar surface area (TPSA) is 47.6 Å². The maximum Gasteiger partial charge on any atom is 0.256 e. The van der Waals surface area contributed by atoms with Gasteiger partial charge in [0.25, 0.3) is 5.91 Å². The van der Waals surface area contributed by atoms with Gasteiger partial charge in [-0.05, 0) is 56.0 Å². The minimum Gasteiger partial charge on any atom is -0.489 e. The highest BCUT2D eigenvalue weighted by molar-refractivity contribution is 5.97. The van der Waals surface area contributed by atoms with E-state index in [2.05, 4.69) is 12.2 Å². The monoisotopic (exact) mass is 369 g/mol. The second-order valence-corrected chi connectivity index (χ2v) is 7.04. The third-order valence-corrected chi connectivity index (χ3v) is 4.50. The maximum absolute atomic E-state index is 12.8.